The number of aromatic nitrogens is 1. The van der Waals surface area contributed by atoms with Crippen molar-refractivity contribution in [2.75, 3.05) is 6.54 Å². The van der Waals surface area contributed by atoms with Gasteiger partial charge >= 0.3 is 0 Å². The number of thiazole rings is 1. The Labute approximate surface area is 128 Å². The van der Waals surface area contributed by atoms with E-state index in [9.17, 15) is 9.18 Å². The second-order valence-electron chi connectivity index (χ2n) is 4.94. The lowest BCUT2D eigenvalue weighted by atomic mass is 10.1. The molecule has 0 spiro atoms. The third kappa shape index (κ3) is 4.63. The summed E-state index contributed by atoms with van der Waals surface area (Å²) in [4.78, 5) is 17.4. The van der Waals surface area contributed by atoms with Gasteiger partial charge in [-0.25, -0.2) is 9.37 Å². The average molecular weight is 306 g/mol. The van der Waals surface area contributed by atoms with Crippen LogP contribution in [-0.4, -0.2) is 17.4 Å². The fourth-order valence-electron chi connectivity index (χ4n) is 1.99. The maximum atomic E-state index is 13.4. The van der Waals surface area contributed by atoms with E-state index in [0.29, 0.717) is 24.9 Å². The summed E-state index contributed by atoms with van der Waals surface area (Å²) in [5.74, 6) is -0.303. The van der Waals surface area contributed by atoms with Crippen molar-refractivity contribution in [3.63, 3.8) is 0 Å². The zero-order chi connectivity index (χ0) is 15.2. The van der Waals surface area contributed by atoms with Gasteiger partial charge in [0.05, 0.1) is 10.7 Å². The summed E-state index contributed by atoms with van der Waals surface area (Å²) in [6, 6.07) is 6.56. The van der Waals surface area contributed by atoms with Gasteiger partial charge in [0.2, 0.25) is 5.91 Å². The highest BCUT2D eigenvalue weighted by Gasteiger charge is 2.07. The molecule has 0 saturated carbocycles. The van der Waals surface area contributed by atoms with Crippen LogP contribution in [0.1, 0.15) is 27.6 Å². The molecule has 0 aliphatic heterocycles. The van der Waals surface area contributed by atoms with Crippen LogP contribution in [0, 0.1) is 19.7 Å². The Kier molecular flexibility index (Phi) is 5.44. The molecule has 0 atom stereocenters. The molecule has 21 heavy (non-hydrogen) atoms. The summed E-state index contributed by atoms with van der Waals surface area (Å²) in [6.45, 7) is 4.61. The van der Waals surface area contributed by atoms with E-state index in [1.54, 1.807) is 29.5 Å². The van der Waals surface area contributed by atoms with Crippen molar-refractivity contribution in [3.8, 4) is 0 Å². The van der Waals surface area contributed by atoms with Crippen LogP contribution in [0.2, 0.25) is 0 Å². The number of aryl methyl sites for hydroxylation is 3. The molecule has 1 aromatic carbocycles. The molecule has 1 heterocycles. The first-order chi connectivity index (χ1) is 10.1. The van der Waals surface area contributed by atoms with Gasteiger partial charge in [-0.3, -0.25) is 4.79 Å². The summed E-state index contributed by atoms with van der Waals surface area (Å²) >= 11 is 1.67. The normalized spacial score (nSPS) is 10.6. The minimum atomic E-state index is -0.251. The minimum Gasteiger partial charge on any atom is -0.356 e. The molecule has 2 aromatic rings. The van der Waals surface area contributed by atoms with Crippen molar-refractivity contribution in [2.45, 2.75) is 33.1 Å². The van der Waals surface area contributed by atoms with Crippen molar-refractivity contribution in [3.05, 3.63) is 51.2 Å². The van der Waals surface area contributed by atoms with Crippen molar-refractivity contribution in [1.29, 1.82) is 0 Å². The van der Waals surface area contributed by atoms with Gasteiger partial charge < -0.3 is 5.32 Å². The van der Waals surface area contributed by atoms with Crippen LogP contribution in [0.15, 0.2) is 24.3 Å². The summed E-state index contributed by atoms with van der Waals surface area (Å²) in [5, 5.41) is 3.90. The van der Waals surface area contributed by atoms with Crippen LogP contribution in [-0.2, 0) is 17.6 Å². The molecule has 2 rings (SSSR count). The van der Waals surface area contributed by atoms with Gasteiger partial charge in [-0.1, -0.05) is 18.2 Å². The lowest BCUT2D eigenvalue weighted by molar-refractivity contribution is -0.121. The van der Waals surface area contributed by atoms with Crippen molar-refractivity contribution in [2.24, 2.45) is 0 Å². The predicted octanol–water partition coefficient (Wildman–Crippen LogP) is 3.19. The molecule has 5 heteroatoms. The van der Waals surface area contributed by atoms with E-state index in [2.05, 4.69) is 10.3 Å². The summed E-state index contributed by atoms with van der Waals surface area (Å²) in [7, 11) is 0. The molecule has 1 aromatic heterocycles. The molecule has 0 unspecified atom stereocenters. The Morgan fingerprint density at radius 2 is 2.05 bits per heavy atom. The first-order valence-electron chi connectivity index (χ1n) is 6.99. The van der Waals surface area contributed by atoms with Gasteiger partial charge in [-0.15, -0.1) is 11.3 Å². The largest absolute Gasteiger partial charge is 0.356 e. The molecule has 0 radical (unpaired) electrons. The number of rotatable bonds is 6. The third-order valence-electron chi connectivity index (χ3n) is 3.31. The number of nitrogens with one attached hydrogen (secondary N) is 1. The number of carbonyl (C=O) groups excluding carboxylic acids is 1. The number of benzene rings is 1. The maximum Gasteiger partial charge on any atom is 0.220 e. The predicted molar refractivity (Wildman–Crippen MR) is 83.0 cm³/mol. The van der Waals surface area contributed by atoms with Crippen LogP contribution < -0.4 is 5.32 Å². The SMILES string of the molecule is Cc1nc(CCNC(=O)CCc2ccccc2F)sc1C. The van der Waals surface area contributed by atoms with E-state index in [-0.39, 0.29) is 11.7 Å². The highest BCUT2D eigenvalue weighted by Crippen LogP contribution is 2.16. The molecule has 1 amide bonds. The number of hydrogen-bond donors (Lipinski definition) is 1. The number of carbonyl (C=O) groups is 1. The van der Waals surface area contributed by atoms with Crippen LogP contribution >= 0.6 is 11.3 Å². The number of hydrogen-bond acceptors (Lipinski definition) is 3. The van der Waals surface area contributed by atoms with Crippen LogP contribution in [0.25, 0.3) is 0 Å². The van der Waals surface area contributed by atoms with E-state index >= 15 is 0 Å². The zero-order valence-electron chi connectivity index (χ0n) is 12.3. The van der Waals surface area contributed by atoms with E-state index in [1.807, 2.05) is 13.8 Å². The molecule has 0 aliphatic rings. The fraction of sp³-hybridized carbons (Fsp3) is 0.375. The lowest BCUT2D eigenvalue weighted by Crippen LogP contribution is -2.25. The minimum absolute atomic E-state index is 0.0525. The van der Waals surface area contributed by atoms with Gasteiger partial charge in [-0.2, -0.15) is 0 Å². The van der Waals surface area contributed by atoms with Crippen molar-refractivity contribution < 1.29 is 9.18 Å². The second kappa shape index (κ2) is 7.31. The van der Waals surface area contributed by atoms with E-state index in [4.69, 9.17) is 0 Å². The average Bonchev–Trinajstić information content (AvgIpc) is 2.77. The quantitative estimate of drug-likeness (QED) is 0.890. The van der Waals surface area contributed by atoms with Gasteiger partial charge in [0.1, 0.15) is 5.82 Å². The monoisotopic (exact) mass is 306 g/mol. The van der Waals surface area contributed by atoms with E-state index < -0.39 is 0 Å². The smallest absolute Gasteiger partial charge is 0.220 e. The Hall–Kier alpha value is -1.75. The Morgan fingerprint density at radius 3 is 2.71 bits per heavy atom. The Balaban J connectivity index is 1.71. The topological polar surface area (TPSA) is 42.0 Å². The van der Waals surface area contributed by atoms with E-state index in [1.165, 1.54) is 10.9 Å². The number of nitrogens with zero attached hydrogens (tertiary/aromatic N) is 1. The second-order valence-corrected chi connectivity index (χ2v) is 6.23. The highest BCUT2D eigenvalue weighted by molar-refractivity contribution is 7.11. The molecule has 3 nitrogen and oxygen atoms in total. The van der Waals surface area contributed by atoms with Crippen molar-refractivity contribution >= 4 is 17.2 Å². The van der Waals surface area contributed by atoms with Crippen LogP contribution in [0.3, 0.4) is 0 Å². The van der Waals surface area contributed by atoms with Crippen LogP contribution in [0.5, 0.6) is 0 Å². The fourth-order valence-corrected chi connectivity index (χ4v) is 2.93. The Bertz CT molecular complexity index is 605. The van der Waals surface area contributed by atoms with Gasteiger partial charge in [-0.05, 0) is 31.9 Å². The lowest BCUT2D eigenvalue weighted by Gasteiger charge is -2.05. The van der Waals surface area contributed by atoms with Crippen molar-refractivity contribution in [1.82, 2.24) is 10.3 Å². The molecular formula is C16H19FN2OS. The number of halogens is 1. The first-order valence-corrected chi connectivity index (χ1v) is 7.81. The molecule has 112 valence electrons. The molecule has 0 aliphatic carbocycles. The molecule has 1 N–H and O–H groups in total. The van der Waals surface area contributed by atoms with Gasteiger partial charge in [0.15, 0.2) is 0 Å². The molecule has 0 saturated heterocycles. The summed E-state index contributed by atoms with van der Waals surface area (Å²) in [6.07, 6.45) is 1.47. The maximum absolute atomic E-state index is 13.4. The number of amides is 1. The molecular weight excluding hydrogens is 287 g/mol. The molecule has 0 bridgehead atoms. The Morgan fingerprint density at radius 1 is 1.29 bits per heavy atom. The molecule has 0 fully saturated rings. The van der Waals surface area contributed by atoms with E-state index in [0.717, 1.165) is 17.1 Å². The summed E-state index contributed by atoms with van der Waals surface area (Å²) in [5.41, 5.74) is 1.64. The zero-order valence-corrected chi connectivity index (χ0v) is 13.1. The standard InChI is InChI=1S/C16H19FN2OS/c1-11-12(2)21-16(19-11)9-10-18-15(20)8-7-13-5-3-4-6-14(13)17/h3-6H,7-10H2,1-2H3,(H,18,20). The van der Waals surface area contributed by atoms with Gasteiger partial charge in [0, 0.05) is 24.3 Å². The highest BCUT2D eigenvalue weighted by atomic mass is 32.1. The first kappa shape index (κ1) is 15.6. The third-order valence-corrected chi connectivity index (χ3v) is 4.45. The summed E-state index contributed by atoms with van der Waals surface area (Å²) < 4.78 is 13.4. The van der Waals surface area contributed by atoms with Crippen LogP contribution in [0.4, 0.5) is 4.39 Å². The van der Waals surface area contributed by atoms with Gasteiger partial charge in [0.25, 0.3) is 0 Å².